The van der Waals surface area contributed by atoms with E-state index in [1.807, 2.05) is 32.0 Å². The van der Waals surface area contributed by atoms with Gasteiger partial charge in [-0.15, -0.1) is 24.0 Å². The Hall–Kier alpha value is -1.51. The van der Waals surface area contributed by atoms with Crippen LogP contribution in [0.25, 0.3) is 0 Å². The van der Waals surface area contributed by atoms with E-state index in [0.29, 0.717) is 13.1 Å². The zero-order chi connectivity index (χ0) is 18.4. The molecule has 26 heavy (non-hydrogen) atoms. The fourth-order valence-corrected chi connectivity index (χ4v) is 3.11. The van der Waals surface area contributed by atoms with Crippen molar-refractivity contribution in [3.8, 4) is 5.75 Å². The highest BCUT2D eigenvalue weighted by Gasteiger charge is 2.36. The monoisotopic (exact) mass is 475 g/mol. The summed E-state index contributed by atoms with van der Waals surface area (Å²) in [6.07, 6.45) is 0.150. The van der Waals surface area contributed by atoms with Gasteiger partial charge in [0.2, 0.25) is 0 Å². The quantitative estimate of drug-likeness (QED) is 0.307. The molecule has 6 nitrogen and oxygen atoms in total. The molecular weight excluding hydrogens is 445 g/mol. The number of methoxy groups -OCH3 is 1. The van der Waals surface area contributed by atoms with E-state index in [1.54, 1.807) is 7.05 Å². The lowest BCUT2D eigenvalue weighted by atomic mass is 9.99. The van der Waals surface area contributed by atoms with Gasteiger partial charge in [0.05, 0.1) is 19.1 Å². The molecule has 1 fully saturated rings. The van der Waals surface area contributed by atoms with Crippen molar-refractivity contribution in [1.29, 1.82) is 0 Å². The van der Waals surface area contributed by atoms with E-state index in [0.717, 1.165) is 23.8 Å². The van der Waals surface area contributed by atoms with Gasteiger partial charge in [0.1, 0.15) is 5.75 Å². The van der Waals surface area contributed by atoms with Gasteiger partial charge in [-0.2, -0.15) is 0 Å². The molecule has 7 heteroatoms. The number of ether oxygens (including phenoxy) is 2. The molecule has 1 saturated heterocycles. The van der Waals surface area contributed by atoms with Crippen LogP contribution >= 0.6 is 24.0 Å². The van der Waals surface area contributed by atoms with Crippen LogP contribution in [0, 0.1) is 11.8 Å². The average molecular weight is 475 g/mol. The van der Waals surface area contributed by atoms with Crippen LogP contribution < -0.4 is 10.1 Å². The number of carbonyl (C=O) groups is 1. The molecular formula is C19H30IN3O3. The summed E-state index contributed by atoms with van der Waals surface area (Å²) in [7, 11) is 3.20. The van der Waals surface area contributed by atoms with Crippen LogP contribution in [0.4, 0.5) is 0 Å². The first-order chi connectivity index (χ1) is 11.9. The van der Waals surface area contributed by atoms with Crippen LogP contribution in [-0.4, -0.2) is 50.2 Å². The Morgan fingerprint density at radius 1 is 1.38 bits per heavy atom. The smallest absolute Gasteiger partial charge is 0.310 e. The van der Waals surface area contributed by atoms with Crippen molar-refractivity contribution in [2.75, 3.05) is 27.2 Å². The van der Waals surface area contributed by atoms with Crippen LogP contribution in [0.2, 0.25) is 0 Å². The molecule has 146 valence electrons. The van der Waals surface area contributed by atoms with Gasteiger partial charge in [-0.05, 0) is 37.5 Å². The number of nitrogens with zero attached hydrogens (tertiary/aromatic N) is 2. The number of hydrogen-bond donors (Lipinski definition) is 1. The third-order valence-corrected chi connectivity index (χ3v) is 4.35. The van der Waals surface area contributed by atoms with Crippen LogP contribution in [0.15, 0.2) is 29.3 Å². The number of halogens is 1. The number of benzene rings is 1. The first-order valence-electron chi connectivity index (χ1n) is 8.73. The van der Waals surface area contributed by atoms with Gasteiger partial charge in [0.25, 0.3) is 0 Å². The number of likely N-dealkylation sites (tertiary alicyclic amines) is 1. The molecule has 1 aliphatic rings. The van der Waals surface area contributed by atoms with Gasteiger partial charge in [0, 0.05) is 26.7 Å². The van der Waals surface area contributed by atoms with E-state index in [2.05, 4.69) is 28.2 Å². The van der Waals surface area contributed by atoms with Crippen molar-refractivity contribution in [3.05, 3.63) is 29.8 Å². The third-order valence-electron chi connectivity index (χ3n) is 4.35. The predicted octanol–water partition coefficient (Wildman–Crippen LogP) is 2.91. The Bertz CT molecular complexity index is 622. The van der Waals surface area contributed by atoms with E-state index in [-0.39, 0.29) is 47.9 Å². The Morgan fingerprint density at radius 2 is 2.12 bits per heavy atom. The van der Waals surface area contributed by atoms with E-state index < -0.39 is 0 Å². The molecule has 0 amide bonds. The summed E-state index contributed by atoms with van der Waals surface area (Å²) in [5, 5.41) is 3.37. The number of nitrogens with one attached hydrogen (secondary N) is 1. The summed E-state index contributed by atoms with van der Waals surface area (Å²) < 4.78 is 10.6. The molecule has 1 aromatic rings. The van der Waals surface area contributed by atoms with E-state index in [1.165, 1.54) is 7.11 Å². The minimum atomic E-state index is -0.149. The largest absolute Gasteiger partial charge is 0.491 e. The molecule has 2 unspecified atom stereocenters. The van der Waals surface area contributed by atoms with Gasteiger partial charge in [-0.1, -0.05) is 19.1 Å². The predicted molar refractivity (Wildman–Crippen MR) is 114 cm³/mol. The molecule has 0 spiro atoms. The Balaban J connectivity index is 0.00000338. The zero-order valence-electron chi connectivity index (χ0n) is 16.2. The number of rotatable bonds is 5. The van der Waals surface area contributed by atoms with Crippen molar-refractivity contribution in [2.45, 2.75) is 33.4 Å². The number of carbonyl (C=O) groups excluding carboxylic acids is 1. The Labute approximate surface area is 173 Å². The molecule has 0 radical (unpaired) electrons. The molecule has 1 aromatic carbocycles. The van der Waals surface area contributed by atoms with Gasteiger partial charge in [-0.3, -0.25) is 9.79 Å². The number of esters is 1. The van der Waals surface area contributed by atoms with Crippen molar-refractivity contribution < 1.29 is 14.3 Å². The van der Waals surface area contributed by atoms with Crippen molar-refractivity contribution in [3.63, 3.8) is 0 Å². The summed E-state index contributed by atoms with van der Waals surface area (Å²) in [5.41, 5.74) is 1.12. The molecule has 0 aliphatic carbocycles. The Kier molecular flexibility index (Phi) is 9.18. The summed E-state index contributed by atoms with van der Waals surface area (Å²) in [4.78, 5) is 18.3. The maximum atomic E-state index is 11.9. The summed E-state index contributed by atoms with van der Waals surface area (Å²) in [6.45, 7) is 8.16. The lowest BCUT2D eigenvalue weighted by Gasteiger charge is -2.21. The molecule has 2 rings (SSSR count). The zero-order valence-corrected chi connectivity index (χ0v) is 18.5. The second kappa shape index (κ2) is 10.6. The normalized spacial score (nSPS) is 19.9. The fraction of sp³-hybridized carbons (Fsp3) is 0.579. The highest BCUT2D eigenvalue weighted by molar-refractivity contribution is 14.0. The maximum Gasteiger partial charge on any atom is 0.310 e. The number of hydrogen-bond acceptors (Lipinski definition) is 4. The highest BCUT2D eigenvalue weighted by atomic mass is 127. The SMILES string of the molecule is CN=C(NCc1cccc(OC(C)C)c1)N1CC(C)C(C(=O)OC)C1.I. The minimum absolute atomic E-state index is 0. The van der Waals surface area contributed by atoms with Gasteiger partial charge >= 0.3 is 5.97 Å². The van der Waals surface area contributed by atoms with E-state index in [4.69, 9.17) is 9.47 Å². The summed E-state index contributed by atoms with van der Waals surface area (Å²) in [5.74, 6) is 1.65. The standard InChI is InChI=1S/C19H29N3O3.HI/c1-13(2)25-16-8-6-7-15(9-16)10-21-19(20-4)22-11-14(3)17(12-22)18(23)24-5;/h6-9,13-14,17H,10-12H2,1-5H3,(H,20,21);1H. The van der Waals surface area contributed by atoms with Crippen molar-refractivity contribution in [2.24, 2.45) is 16.8 Å². The molecule has 0 saturated carbocycles. The van der Waals surface area contributed by atoms with Crippen LogP contribution in [0.5, 0.6) is 5.75 Å². The van der Waals surface area contributed by atoms with Crippen LogP contribution in [0.3, 0.4) is 0 Å². The van der Waals surface area contributed by atoms with E-state index in [9.17, 15) is 4.79 Å². The highest BCUT2D eigenvalue weighted by Crippen LogP contribution is 2.24. The molecule has 0 bridgehead atoms. The van der Waals surface area contributed by atoms with Crippen molar-refractivity contribution in [1.82, 2.24) is 10.2 Å². The summed E-state index contributed by atoms with van der Waals surface area (Å²) in [6, 6.07) is 8.03. The molecule has 1 aliphatic heterocycles. The third kappa shape index (κ3) is 6.03. The van der Waals surface area contributed by atoms with Gasteiger partial charge in [0.15, 0.2) is 5.96 Å². The minimum Gasteiger partial charge on any atom is -0.491 e. The number of aliphatic imine (C=N–C) groups is 1. The molecule has 1 N–H and O–H groups in total. The second-order valence-electron chi connectivity index (χ2n) is 6.73. The lowest BCUT2D eigenvalue weighted by Crippen LogP contribution is -2.40. The lowest BCUT2D eigenvalue weighted by molar-refractivity contribution is -0.145. The van der Waals surface area contributed by atoms with Gasteiger partial charge < -0.3 is 19.7 Å². The van der Waals surface area contributed by atoms with Gasteiger partial charge in [-0.25, -0.2) is 0 Å². The van der Waals surface area contributed by atoms with Crippen molar-refractivity contribution >= 4 is 35.9 Å². The summed E-state index contributed by atoms with van der Waals surface area (Å²) >= 11 is 0. The molecule has 1 heterocycles. The van der Waals surface area contributed by atoms with E-state index >= 15 is 0 Å². The fourth-order valence-electron chi connectivity index (χ4n) is 3.11. The topological polar surface area (TPSA) is 63.2 Å². The maximum absolute atomic E-state index is 11.9. The first-order valence-corrected chi connectivity index (χ1v) is 8.73. The van der Waals surface area contributed by atoms with Crippen LogP contribution in [0.1, 0.15) is 26.3 Å². The molecule has 2 atom stereocenters. The second-order valence-corrected chi connectivity index (χ2v) is 6.73. The first kappa shape index (κ1) is 22.5. The Morgan fingerprint density at radius 3 is 2.73 bits per heavy atom. The molecule has 0 aromatic heterocycles. The van der Waals surface area contributed by atoms with Crippen LogP contribution in [-0.2, 0) is 16.1 Å². The average Bonchev–Trinajstić information content (AvgIpc) is 2.96. The number of guanidine groups is 1.